The monoisotopic (exact) mass is 426 g/mol. The molecule has 0 fully saturated rings. The fourth-order valence-electron chi connectivity index (χ4n) is 3.18. The lowest BCUT2D eigenvalue weighted by atomic mass is 10.0. The number of amides is 1. The molecule has 0 aliphatic rings. The molecule has 4 aromatic rings. The Bertz CT molecular complexity index is 1180. The molecule has 31 heavy (non-hydrogen) atoms. The van der Waals surface area contributed by atoms with E-state index in [4.69, 9.17) is 4.98 Å². The van der Waals surface area contributed by atoms with Gasteiger partial charge in [0.2, 0.25) is 5.91 Å². The first-order chi connectivity index (χ1) is 15.1. The standard InChI is InChI=1S/C26H22N2O2S/c1-18-7-9-20(10-8-18)24(29)15-16-25(30)27-22-13-11-19(12-14-22)23-17-31-26(28-23)21-5-3-2-4-6-21/h2-14,17H,15-16H2,1H3,(H,27,30). The van der Waals surface area contributed by atoms with Crippen molar-refractivity contribution >= 4 is 28.7 Å². The lowest BCUT2D eigenvalue weighted by Crippen LogP contribution is -2.13. The quantitative estimate of drug-likeness (QED) is 0.349. The summed E-state index contributed by atoms with van der Waals surface area (Å²) in [4.78, 5) is 29.2. The maximum Gasteiger partial charge on any atom is 0.224 e. The Balaban J connectivity index is 1.33. The van der Waals surface area contributed by atoms with Crippen molar-refractivity contribution in [1.29, 1.82) is 0 Å². The fraction of sp³-hybridized carbons (Fsp3) is 0.115. The van der Waals surface area contributed by atoms with Crippen LogP contribution in [0.4, 0.5) is 5.69 Å². The predicted molar refractivity (Wildman–Crippen MR) is 126 cm³/mol. The van der Waals surface area contributed by atoms with Gasteiger partial charge in [-0.15, -0.1) is 11.3 Å². The van der Waals surface area contributed by atoms with Crippen LogP contribution in [0.1, 0.15) is 28.8 Å². The topological polar surface area (TPSA) is 59.1 Å². The van der Waals surface area contributed by atoms with Gasteiger partial charge in [-0.1, -0.05) is 72.3 Å². The van der Waals surface area contributed by atoms with Gasteiger partial charge in [0.05, 0.1) is 5.69 Å². The Morgan fingerprint density at radius 1 is 0.839 bits per heavy atom. The number of nitrogens with zero attached hydrogens (tertiary/aromatic N) is 1. The van der Waals surface area contributed by atoms with E-state index >= 15 is 0 Å². The van der Waals surface area contributed by atoms with Gasteiger partial charge >= 0.3 is 0 Å². The lowest BCUT2D eigenvalue weighted by Gasteiger charge is -2.06. The van der Waals surface area contributed by atoms with Crippen molar-refractivity contribution in [3.63, 3.8) is 0 Å². The molecule has 0 saturated heterocycles. The van der Waals surface area contributed by atoms with E-state index in [1.54, 1.807) is 23.5 Å². The second-order valence-corrected chi connectivity index (χ2v) is 8.18. The van der Waals surface area contributed by atoms with E-state index in [-0.39, 0.29) is 24.5 Å². The molecule has 1 N–H and O–H groups in total. The molecular weight excluding hydrogens is 404 g/mol. The summed E-state index contributed by atoms with van der Waals surface area (Å²) in [5.41, 5.74) is 5.45. The molecule has 3 aromatic carbocycles. The van der Waals surface area contributed by atoms with Crippen LogP contribution >= 0.6 is 11.3 Å². The SMILES string of the molecule is Cc1ccc(C(=O)CCC(=O)Nc2ccc(-c3csc(-c4ccccc4)n3)cc2)cc1. The van der Waals surface area contributed by atoms with Crippen LogP contribution in [0, 0.1) is 6.92 Å². The Morgan fingerprint density at radius 3 is 2.26 bits per heavy atom. The van der Waals surface area contributed by atoms with Crippen LogP contribution in [-0.2, 0) is 4.79 Å². The highest BCUT2D eigenvalue weighted by Crippen LogP contribution is 2.29. The van der Waals surface area contributed by atoms with Gasteiger partial charge in [0, 0.05) is 40.6 Å². The number of rotatable bonds is 7. The van der Waals surface area contributed by atoms with Gasteiger partial charge in [0.25, 0.3) is 0 Å². The van der Waals surface area contributed by atoms with Crippen LogP contribution in [0.25, 0.3) is 21.8 Å². The average Bonchev–Trinajstić information content (AvgIpc) is 3.29. The molecule has 1 amide bonds. The van der Waals surface area contributed by atoms with Crippen molar-refractivity contribution in [2.24, 2.45) is 0 Å². The Morgan fingerprint density at radius 2 is 1.55 bits per heavy atom. The first kappa shape index (κ1) is 20.7. The number of benzene rings is 3. The fourth-order valence-corrected chi connectivity index (χ4v) is 4.01. The van der Waals surface area contributed by atoms with Crippen molar-refractivity contribution in [3.8, 4) is 21.8 Å². The molecule has 0 radical (unpaired) electrons. The number of aryl methyl sites for hydroxylation is 1. The number of carbonyl (C=O) groups excluding carboxylic acids is 2. The van der Waals surface area contributed by atoms with E-state index in [1.807, 2.05) is 79.0 Å². The molecule has 5 heteroatoms. The summed E-state index contributed by atoms with van der Waals surface area (Å²) in [5, 5.41) is 5.87. The molecule has 1 heterocycles. The number of Topliss-reactive ketones (excluding diaryl/α,β-unsaturated/α-hetero) is 1. The minimum Gasteiger partial charge on any atom is -0.326 e. The third kappa shape index (κ3) is 5.32. The maximum atomic E-state index is 12.2. The molecule has 0 saturated carbocycles. The molecule has 1 aromatic heterocycles. The van der Waals surface area contributed by atoms with Crippen LogP contribution in [0.15, 0.2) is 84.2 Å². The molecule has 0 spiro atoms. The molecule has 4 rings (SSSR count). The van der Waals surface area contributed by atoms with Crippen molar-refractivity contribution < 1.29 is 9.59 Å². The molecular formula is C26H22N2O2S. The number of thiazole rings is 1. The molecule has 4 nitrogen and oxygen atoms in total. The van der Waals surface area contributed by atoms with E-state index in [2.05, 4.69) is 5.32 Å². The van der Waals surface area contributed by atoms with E-state index in [9.17, 15) is 9.59 Å². The first-order valence-electron chi connectivity index (χ1n) is 10.1. The largest absolute Gasteiger partial charge is 0.326 e. The summed E-state index contributed by atoms with van der Waals surface area (Å²) in [6, 6.07) is 25.1. The highest BCUT2D eigenvalue weighted by atomic mass is 32.1. The maximum absolute atomic E-state index is 12.2. The van der Waals surface area contributed by atoms with Crippen LogP contribution < -0.4 is 5.32 Å². The van der Waals surface area contributed by atoms with E-state index in [1.165, 1.54) is 0 Å². The molecule has 154 valence electrons. The summed E-state index contributed by atoms with van der Waals surface area (Å²) in [5.74, 6) is -0.198. The predicted octanol–water partition coefficient (Wildman–Crippen LogP) is 6.39. The number of hydrogen-bond donors (Lipinski definition) is 1. The van der Waals surface area contributed by atoms with Gasteiger partial charge in [0.1, 0.15) is 5.01 Å². The van der Waals surface area contributed by atoms with Gasteiger partial charge in [-0.25, -0.2) is 4.98 Å². The summed E-state index contributed by atoms with van der Waals surface area (Å²) >= 11 is 1.61. The van der Waals surface area contributed by atoms with Crippen LogP contribution in [-0.4, -0.2) is 16.7 Å². The summed E-state index contributed by atoms with van der Waals surface area (Å²) in [6.07, 6.45) is 0.342. The normalized spacial score (nSPS) is 10.6. The number of aromatic nitrogens is 1. The van der Waals surface area contributed by atoms with Crippen molar-refractivity contribution in [1.82, 2.24) is 4.98 Å². The molecule has 0 aliphatic carbocycles. The number of nitrogens with one attached hydrogen (secondary N) is 1. The minimum absolute atomic E-state index is 0.0248. The third-order valence-electron chi connectivity index (χ3n) is 4.94. The minimum atomic E-state index is -0.173. The zero-order chi connectivity index (χ0) is 21.6. The molecule has 0 aliphatic heterocycles. The van der Waals surface area contributed by atoms with Gasteiger partial charge in [-0.3, -0.25) is 9.59 Å². The lowest BCUT2D eigenvalue weighted by molar-refractivity contribution is -0.116. The zero-order valence-electron chi connectivity index (χ0n) is 17.2. The number of hydrogen-bond acceptors (Lipinski definition) is 4. The van der Waals surface area contributed by atoms with E-state index in [0.29, 0.717) is 11.3 Å². The summed E-state index contributed by atoms with van der Waals surface area (Å²) in [6.45, 7) is 1.98. The average molecular weight is 427 g/mol. The van der Waals surface area contributed by atoms with Gasteiger partial charge in [-0.2, -0.15) is 0 Å². The highest BCUT2D eigenvalue weighted by Gasteiger charge is 2.10. The number of anilines is 1. The Hall–Kier alpha value is -3.57. The molecule has 0 atom stereocenters. The van der Waals surface area contributed by atoms with Crippen LogP contribution in [0.5, 0.6) is 0 Å². The van der Waals surface area contributed by atoms with Crippen LogP contribution in [0.3, 0.4) is 0 Å². The second kappa shape index (κ2) is 9.49. The number of ketones is 1. The van der Waals surface area contributed by atoms with Gasteiger partial charge in [-0.05, 0) is 19.1 Å². The van der Waals surface area contributed by atoms with Gasteiger partial charge in [0.15, 0.2) is 5.78 Å². The van der Waals surface area contributed by atoms with Crippen molar-refractivity contribution in [3.05, 3.63) is 95.4 Å². The van der Waals surface area contributed by atoms with Crippen LogP contribution in [0.2, 0.25) is 0 Å². The Labute approximate surface area is 185 Å². The first-order valence-corrected chi connectivity index (χ1v) is 11.0. The van der Waals surface area contributed by atoms with E-state index < -0.39 is 0 Å². The third-order valence-corrected chi connectivity index (χ3v) is 5.83. The number of carbonyl (C=O) groups is 2. The van der Waals surface area contributed by atoms with Crippen molar-refractivity contribution in [2.75, 3.05) is 5.32 Å². The van der Waals surface area contributed by atoms with E-state index in [0.717, 1.165) is 27.4 Å². The highest BCUT2D eigenvalue weighted by molar-refractivity contribution is 7.13. The van der Waals surface area contributed by atoms with Gasteiger partial charge < -0.3 is 5.32 Å². The summed E-state index contributed by atoms with van der Waals surface area (Å²) < 4.78 is 0. The molecule has 0 unspecified atom stereocenters. The molecule has 0 bridgehead atoms. The zero-order valence-corrected chi connectivity index (χ0v) is 18.0. The van der Waals surface area contributed by atoms with Crippen molar-refractivity contribution in [2.45, 2.75) is 19.8 Å². The summed E-state index contributed by atoms with van der Waals surface area (Å²) in [7, 11) is 0. The smallest absolute Gasteiger partial charge is 0.224 e. The Kier molecular flexibility index (Phi) is 6.34. The second-order valence-electron chi connectivity index (χ2n) is 7.32.